The van der Waals surface area contributed by atoms with Gasteiger partial charge in [0.2, 0.25) is 0 Å². The van der Waals surface area contributed by atoms with Gasteiger partial charge in [-0.15, -0.1) is 0 Å². The predicted octanol–water partition coefficient (Wildman–Crippen LogP) is -1.36. The average molecular weight is 294 g/mol. The SMILES string of the molecule is CCNCC1OC(n2cnc3c(N)ncnc32)C(O)C1O. The fraction of sp³-hybridized carbons (Fsp3) is 0.583. The number of imidazole rings is 1. The molecule has 2 aromatic heterocycles. The number of ether oxygens (including phenoxy) is 1. The van der Waals surface area contributed by atoms with Crippen LogP contribution in [0, 0.1) is 0 Å². The molecule has 1 fully saturated rings. The molecule has 0 radical (unpaired) electrons. The lowest BCUT2D eigenvalue weighted by Crippen LogP contribution is -2.37. The number of nitrogens with one attached hydrogen (secondary N) is 1. The number of aromatic nitrogens is 4. The molecule has 3 rings (SSSR count). The van der Waals surface area contributed by atoms with Crippen molar-refractivity contribution in [2.45, 2.75) is 31.5 Å². The van der Waals surface area contributed by atoms with E-state index in [0.29, 0.717) is 17.7 Å². The summed E-state index contributed by atoms with van der Waals surface area (Å²) in [5.41, 5.74) is 6.64. The monoisotopic (exact) mass is 294 g/mol. The van der Waals surface area contributed by atoms with Gasteiger partial charge in [-0.25, -0.2) is 15.0 Å². The molecule has 0 aliphatic carbocycles. The molecular formula is C12H18N6O3. The predicted molar refractivity (Wildman–Crippen MR) is 74.2 cm³/mol. The average Bonchev–Trinajstić information content (AvgIpc) is 3.02. The second-order valence-electron chi connectivity index (χ2n) is 4.94. The molecule has 2 aromatic rings. The Morgan fingerprint density at radius 2 is 2.14 bits per heavy atom. The highest BCUT2D eigenvalue weighted by molar-refractivity contribution is 5.81. The van der Waals surface area contributed by atoms with Crippen molar-refractivity contribution in [2.75, 3.05) is 18.8 Å². The molecule has 1 aliphatic rings. The first-order chi connectivity index (χ1) is 10.1. The number of nitrogens with two attached hydrogens (primary N) is 1. The van der Waals surface area contributed by atoms with Gasteiger partial charge < -0.3 is 26.0 Å². The maximum atomic E-state index is 10.2. The zero-order valence-corrected chi connectivity index (χ0v) is 11.5. The van der Waals surface area contributed by atoms with Crippen molar-refractivity contribution in [3.05, 3.63) is 12.7 Å². The van der Waals surface area contributed by atoms with E-state index in [2.05, 4.69) is 20.3 Å². The molecule has 0 amide bonds. The number of hydrogen-bond acceptors (Lipinski definition) is 8. The Hall–Kier alpha value is -1.81. The Morgan fingerprint density at radius 3 is 2.90 bits per heavy atom. The number of anilines is 1. The molecule has 0 saturated carbocycles. The van der Waals surface area contributed by atoms with Crippen molar-refractivity contribution in [1.82, 2.24) is 24.8 Å². The number of nitrogen functional groups attached to an aromatic ring is 1. The highest BCUT2D eigenvalue weighted by Gasteiger charge is 2.43. The summed E-state index contributed by atoms with van der Waals surface area (Å²) >= 11 is 0. The Kier molecular flexibility index (Phi) is 3.72. The molecule has 3 heterocycles. The van der Waals surface area contributed by atoms with Gasteiger partial charge in [0.1, 0.15) is 30.2 Å². The van der Waals surface area contributed by atoms with E-state index in [-0.39, 0.29) is 5.82 Å². The first kappa shape index (κ1) is 14.1. The van der Waals surface area contributed by atoms with Crippen LogP contribution in [0.5, 0.6) is 0 Å². The van der Waals surface area contributed by atoms with Crippen LogP contribution >= 0.6 is 0 Å². The standard InChI is InChI=1S/C12H18N6O3/c1-2-14-3-6-8(19)9(20)12(21-6)18-5-17-7-10(13)15-4-16-11(7)18/h4-6,8-9,12,14,19-20H,2-3H2,1H3,(H2,13,15,16). The van der Waals surface area contributed by atoms with Crippen LogP contribution in [-0.4, -0.2) is 61.1 Å². The number of nitrogens with zero attached hydrogens (tertiary/aromatic N) is 4. The highest BCUT2D eigenvalue weighted by atomic mass is 16.6. The molecule has 0 aromatic carbocycles. The molecule has 1 aliphatic heterocycles. The minimum atomic E-state index is -1.07. The number of rotatable bonds is 4. The van der Waals surface area contributed by atoms with Gasteiger partial charge in [-0.3, -0.25) is 4.57 Å². The lowest BCUT2D eigenvalue weighted by atomic mass is 10.1. The van der Waals surface area contributed by atoms with Crippen LogP contribution in [0.4, 0.5) is 5.82 Å². The quantitative estimate of drug-likeness (QED) is 0.543. The van der Waals surface area contributed by atoms with Crippen LogP contribution in [0.15, 0.2) is 12.7 Å². The van der Waals surface area contributed by atoms with Crippen LogP contribution in [0.1, 0.15) is 13.2 Å². The van der Waals surface area contributed by atoms with Crippen molar-refractivity contribution < 1.29 is 14.9 Å². The van der Waals surface area contributed by atoms with Crippen LogP contribution in [-0.2, 0) is 4.74 Å². The summed E-state index contributed by atoms with van der Waals surface area (Å²) in [4.78, 5) is 12.1. The third kappa shape index (κ3) is 2.33. The number of aliphatic hydroxyl groups is 2. The number of hydrogen-bond donors (Lipinski definition) is 4. The molecule has 21 heavy (non-hydrogen) atoms. The fourth-order valence-electron chi connectivity index (χ4n) is 2.47. The van der Waals surface area contributed by atoms with E-state index in [0.717, 1.165) is 6.54 Å². The third-order valence-electron chi connectivity index (χ3n) is 3.59. The summed E-state index contributed by atoms with van der Waals surface area (Å²) in [6.45, 7) is 3.17. The molecule has 114 valence electrons. The Balaban J connectivity index is 1.90. The molecule has 0 spiro atoms. The van der Waals surface area contributed by atoms with E-state index in [9.17, 15) is 10.2 Å². The van der Waals surface area contributed by atoms with Gasteiger partial charge in [-0.1, -0.05) is 6.92 Å². The normalized spacial score (nSPS) is 29.3. The number of aliphatic hydroxyl groups excluding tert-OH is 2. The largest absolute Gasteiger partial charge is 0.387 e. The van der Waals surface area contributed by atoms with Gasteiger partial charge >= 0.3 is 0 Å². The van der Waals surface area contributed by atoms with Crippen molar-refractivity contribution in [2.24, 2.45) is 0 Å². The van der Waals surface area contributed by atoms with Crippen LogP contribution in [0.2, 0.25) is 0 Å². The molecular weight excluding hydrogens is 276 g/mol. The van der Waals surface area contributed by atoms with Gasteiger partial charge in [0.25, 0.3) is 0 Å². The topological polar surface area (TPSA) is 131 Å². The van der Waals surface area contributed by atoms with Gasteiger partial charge in [0, 0.05) is 6.54 Å². The zero-order chi connectivity index (χ0) is 15.0. The summed E-state index contributed by atoms with van der Waals surface area (Å²) < 4.78 is 7.30. The Labute approximate surface area is 120 Å². The molecule has 1 saturated heterocycles. The van der Waals surface area contributed by atoms with Crippen molar-refractivity contribution in [3.8, 4) is 0 Å². The first-order valence-corrected chi connectivity index (χ1v) is 6.78. The number of fused-ring (bicyclic) bond motifs is 1. The van der Waals surface area contributed by atoms with E-state index >= 15 is 0 Å². The molecule has 4 unspecified atom stereocenters. The van der Waals surface area contributed by atoms with E-state index in [1.165, 1.54) is 12.7 Å². The summed E-state index contributed by atoms with van der Waals surface area (Å²) in [6.07, 6.45) is -0.507. The molecule has 9 nitrogen and oxygen atoms in total. The van der Waals surface area contributed by atoms with Gasteiger partial charge in [0.05, 0.1) is 6.33 Å². The number of likely N-dealkylation sites (N-methyl/N-ethyl adjacent to an activating group) is 1. The van der Waals surface area contributed by atoms with Gasteiger partial charge in [-0.2, -0.15) is 0 Å². The van der Waals surface area contributed by atoms with Gasteiger partial charge in [-0.05, 0) is 6.54 Å². The minimum Gasteiger partial charge on any atom is -0.387 e. The molecule has 4 atom stereocenters. The smallest absolute Gasteiger partial charge is 0.167 e. The van der Waals surface area contributed by atoms with E-state index in [1.54, 1.807) is 4.57 Å². The maximum Gasteiger partial charge on any atom is 0.167 e. The lowest BCUT2D eigenvalue weighted by molar-refractivity contribution is -0.0340. The van der Waals surface area contributed by atoms with Crippen LogP contribution in [0.3, 0.4) is 0 Å². The first-order valence-electron chi connectivity index (χ1n) is 6.78. The van der Waals surface area contributed by atoms with Crippen LogP contribution < -0.4 is 11.1 Å². The van der Waals surface area contributed by atoms with Crippen LogP contribution in [0.25, 0.3) is 11.2 Å². The molecule has 0 bridgehead atoms. The van der Waals surface area contributed by atoms with E-state index in [4.69, 9.17) is 10.5 Å². The summed E-state index contributed by atoms with van der Waals surface area (Å²) in [6, 6.07) is 0. The molecule has 9 heteroatoms. The van der Waals surface area contributed by atoms with Crippen molar-refractivity contribution in [1.29, 1.82) is 0 Å². The maximum absolute atomic E-state index is 10.2. The summed E-state index contributed by atoms with van der Waals surface area (Å²) in [7, 11) is 0. The third-order valence-corrected chi connectivity index (χ3v) is 3.59. The summed E-state index contributed by atoms with van der Waals surface area (Å²) in [5.74, 6) is 0.260. The van der Waals surface area contributed by atoms with Crippen molar-refractivity contribution >= 4 is 17.0 Å². The van der Waals surface area contributed by atoms with E-state index in [1.807, 2.05) is 6.92 Å². The van der Waals surface area contributed by atoms with Gasteiger partial charge in [0.15, 0.2) is 17.7 Å². The zero-order valence-electron chi connectivity index (χ0n) is 11.5. The minimum absolute atomic E-state index is 0.260. The van der Waals surface area contributed by atoms with E-state index < -0.39 is 24.5 Å². The highest BCUT2D eigenvalue weighted by Crippen LogP contribution is 2.31. The second-order valence-corrected chi connectivity index (χ2v) is 4.94. The Bertz CT molecular complexity index is 632. The van der Waals surface area contributed by atoms with Crippen molar-refractivity contribution in [3.63, 3.8) is 0 Å². The second kappa shape index (κ2) is 5.53. The molecule has 5 N–H and O–H groups in total. The lowest BCUT2D eigenvalue weighted by Gasteiger charge is -2.16. The summed E-state index contributed by atoms with van der Waals surface area (Å²) in [5, 5.41) is 23.4. The fourth-order valence-corrected chi connectivity index (χ4v) is 2.47. The Morgan fingerprint density at radius 1 is 1.33 bits per heavy atom.